The molecule has 0 aliphatic carbocycles. The van der Waals surface area contributed by atoms with E-state index < -0.39 is 5.97 Å². The van der Waals surface area contributed by atoms with Crippen molar-refractivity contribution in [1.29, 1.82) is 0 Å². The van der Waals surface area contributed by atoms with Crippen molar-refractivity contribution in [2.24, 2.45) is 5.92 Å². The summed E-state index contributed by atoms with van der Waals surface area (Å²) < 4.78 is 0. The highest BCUT2D eigenvalue weighted by Crippen LogP contribution is 2.18. The van der Waals surface area contributed by atoms with Gasteiger partial charge in [-0.15, -0.1) is 0 Å². The Balaban J connectivity index is 1.85. The Labute approximate surface area is 140 Å². The first kappa shape index (κ1) is 17.7. The summed E-state index contributed by atoms with van der Waals surface area (Å²) in [5, 5.41) is 13.9. The summed E-state index contributed by atoms with van der Waals surface area (Å²) in [5.74, 6) is -0.924. The van der Waals surface area contributed by atoms with E-state index in [9.17, 15) is 14.4 Å². The summed E-state index contributed by atoms with van der Waals surface area (Å²) in [6.07, 6.45) is 2.99. The van der Waals surface area contributed by atoms with Crippen molar-refractivity contribution in [3.63, 3.8) is 0 Å². The first-order valence-electron chi connectivity index (χ1n) is 7.94. The minimum absolute atomic E-state index is 0.0782. The number of aliphatic carboxylic acids is 1. The fraction of sp³-hybridized carbons (Fsp3) is 0.500. The summed E-state index contributed by atoms with van der Waals surface area (Å²) in [7, 11) is 0. The van der Waals surface area contributed by atoms with Crippen LogP contribution >= 0.6 is 0 Å². The molecule has 0 aromatic carbocycles. The number of piperidine rings is 1. The van der Waals surface area contributed by atoms with Crippen molar-refractivity contribution in [3.8, 4) is 0 Å². The van der Waals surface area contributed by atoms with Crippen LogP contribution in [0, 0.1) is 12.8 Å². The number of pyridine rings is 1. The number of hydrogen-bond acceptors (Lipinski definition) is 4. The summed E-state index contributed by atoms with van der Waals surface area (Å²) in [5.41, 5.74) is 1.01. The lowest BCUT2D eigenvalue weighted by molar-refractivity contribution is -0.136. The average molecular weight is 334 g/mol. The Hall–Kier alpha value is -2.64. The zero-order valence-corrected chi connectivity index (χ0v) is 13.6. The predicted molar refractivity (Wildman–Crippen MR) is 87.6 cm³/mol. The number of nitrogens with one attached hydrogen (secondary N) is 2. The number of nitrogens with zero attached hydrogens (tertiary/aromatic N) is 2. The highest BCUT2D eigenvalue weighted by atomic mass is 16.4. The van der Waals surface area contributed by atoms with Gasteiger partial charge in [-0.1, -0.05) is 6.07 Å². The van der Waals surface area contributed by atoms with Crippen LogP contribution in [0.15, 0.2) is 18.3 Å². The van der Waals surface area contributed by atoms with Gasteiger partial charge < -0.3 is 20.6 Å². The maximum absolute atomic E-state index is 12.3. The molecule has 1 aliphatic heterocycles. The second-order valence-electron chi connectivity index (χ2n) is 5.87. The summed E-state index contributed by atoms with van der Waals surface area (Å²) >= 11 is 0. The average Bonchev–Trinajstić information content (AvgIpc) is 2.56. The molecular formula is C16H22N4O4. The van der Waals surface area contributed by atoms with E-state index in [1.165, 1.54) is 0 Å². The molecular weight excluding hydrogens is 312 g/mol. The molecule has 0 bridgehead atoms. The van der Waals surface area contributed by atoms with Crippen molar-refractivity contribution in [2.75, 3.05) is 25.0 Å². The second-order valence-corrected chi connectivity index (χ2v) is 5.87. The van der Waals surface area contributed by atoms with E-state index in [2.05, 4.69) is 15.6 Å². The Morgan fingerprint density at radius 3 is 2.83 bits per heavy atom. The van der Waals surface area contributed by atoms with E-state index in [1.54, 1.807) is 17.2 Å². The summed E-state index contributed by atoms with van der Waals surface area (Å²) in [4.78, 5) is 40.5. The van der Waals surface area contributed by atoms with Gasteiger partial charge in [-0.3, -0.25) is 9.59 Å². The molecule has 1 aromatic heterocycles. The quantitative estimate of drug-likeness (QED) is 0.750. The maximum Gasteiger partial charge on any atom is 0.317 e. The minimum Gasteiger partial charge on any atom is -0.481 e. The van der Waals surface area contributed by atoms with Crippen LogP contribution in [0.4, 0.5) is 10.6 Å². The van der Waals surface area contributed by atoms with E-state index in [0.29, 0.717) is 25.3 Å². The largest absolute Gasteiger partial charge is 0.481 e. The Bertz CT molecular complexity index is 603. The van der Waals surface area contributed by atoms with Gasteiger partial charge in [-0.25, -0.2) is 9.78 Å². The summed E-state index contributed by atoms with van der Waals surface area (Å²) in [6, 6.07) is 3.28. The topological polar surface area (TPSA) is 112 Å². The third kappa shape index (κ3) is 5.22. The molecule has 130 valence electrons. The van der Waals surface area contributed by atoms with Crippen LogP contribution in [-0.2, 0) is 9.59 Å². The standard InChI is InChI=1S/C16H22N4O4/c1-11-4-5-13(18-9-11)19-15(23)12-3-2-8-20(10-12)16(24)17-7-6-14(21)22/h4-5,9,12H,2-3,6-8,10H2,1H3,(H,17,24)(H,21,22)(H,18,19,23). The van der Waals surface area contributed by atoms with Crippen molar-refractivity contribution in [2.45, 2.75) is 26.2 Å². The van der Waals surface area contributed by atoms with Crippen molar-refractivity contribution < 1.29 is 19.5 Å². The lowest BCUT2D eigenvalue weighted by atomic mass is 9.97. The maximum atomic E-state index is 12.3. The molecule has 2 heterocycles. The first-order valence-corrected chi connectivity index (χ1v) is 7.94. The van der Waals surface area contributed by atoms with Gasteiger partial charge in [-0.05, 0) is 31.4 Å². The molecule has 1 aromatic rings. The van der Waals surface area contributed by atoms with Crippen LogP contribution in [0.3, 0.4) is 0 Å². The number of rotatable bonds is 5. The molecule has 1 fully saturated rings. The smallest absolute Gasteiger partial charge is 0.317 e. The van der Waals surface area contributed by atoms with Crippen LogP contribution in [0.25, 0.3) is 0 Å². The normalized spacial score (nSPS) is 17.2. The number of aromatic nitrogens is 1. The van der Waals surface area contributed by atoms with Gasteiger partial charge in [0.2, 0.25) is 5.91 Å². The monoisotopic (exact) mass is 334 g/mol. The number of urea groups is 1. The predicted octanol–water partition coefficient (Wildman–Crippen LogP) is 1.22. The number of carbonyl (C=O) groups is 3. The van der Waals surface area contributed by atoms with E-state index in [4.69, 9.17) is 5.11 Å². The number of carbonyl (C=O) groups excluding carboxylic acids is 2. The molecule has 8 nitrogen and oxygen atoms in total. The number of likely N-dealkylation sites (tertiary alicyclic amines) is 1. The molecule has 3 amide bonds. The first-order chi connectivity index (χ1) is 11.5. The van der Waals surface area contributed by atoms with Crippen LogP contribution in [0.2, 0.25) is 0 Å². The lowest BCUT2D eigenvalue weighted by Crippen LogP contribution is -2.48. The molecule has 2 rings (SSSR count). The van der Waals surface area contributed by atoms with Gasteiger partial charge >= 0.3 is 12.0 Å². The van der Waals surface area contributed by atoms with Gasteiger partial charge in [-0.2, -0.15) is 0 Å². The van der Waals surface area contributed by atoms with Crippen molar-refractivity contribution in [3.05, 3.63) is 23.9 Å². The Morgan fingerprint density at radius 1 is 1.38 bits per heavy atom. The molecule has 0 spiro atoms. The molecule has 0 saturated carbocycles. The third-order valence-electron chi connectivity index (χ3n) is 3.86. The number of carboxylic acids is 1. The van der Waals surface area contributed by atoms with E-state index in [0.717, 1.165) is 12.0 Å². The summed E-state index contributed by atoms with van der Waals surface area (Å²) in [6.45, 7) is 2.87. The molecule has 1 aliphatic rings. The van der Waals surface area contributed by atoms with Gasteiger partial charge in [0, 0.05) is 25.8 Å². The SMILES string of the molecule is Cc1ccc(NC(=O)C2CCCN(C(=O)NCCC(=O)O)C2)nc1. The molecule has 8 heteroatoms. The lowest BCUT2D eigenvalue weighted by Gasteiger charge is -2.32. The molecule has 1 saturated heterocycles. The van der Waals surface area contributed by atoms with Crippen molar-refractivity contribution >= 4 is 23.7 Å². The third-order valence-corrected chi connectivity index (χ3v) is 3.86. The van der Waals surface area contributed by atoms with Gasteiger partial charge in [0.05, 0.1) is 12.3 Å². The Kier molecular flexibility index (Phi) is 6.11. The van der Waals surface area contributed by atoms with Gasteiger partial charge in [0.1, 0.15) is 5.82 Å². The van der Waals surface area contributed by atoms with E-state index in [-0.39, 0.29) is 30.8 Å². The van der Waals surface area contributed by atoms with Crippen molar-refractivity contribution in [1.82, 2.24) is 15.2 Å². The number of carboxylic acid groups (broad SMARTS) is 1. The van der Waals surface area contributed by atoms with Crippen LogP contribution in [-0.4, -0.2) is 52.5 Å². The number of aryl methyl sites for hydroxylation is 1. The molecule has 24 heavy (non-hydrogen) atoms. The number of amides is 3. The molecule has 1 unspecified atom stereocenters. The van der Waals surface area contributed by atoms with Gasteiger partial charge in [0.25, 0.3) is 0 Å². The zero-order chi connectivity index (χ0) is 17.5. The highest BCUT2D eigenvalue weighted by Gasteiger charge is 2.28. The second kappa shape index (κ2) is 8.28. The minimum atomic E-state index is -0.961. The number of anilines is 1. The van der Waals surface area contributed by atoms with E-state index in [1.807, 2.05) is 13.0 Å². The van der Waals surface area contributed by atoms with E-state index >= 15 is 0 Å². The molecule has 0 radical (unpaired) electrons. The number of hydrogen-bond donors (Lipinski definition) is 3. The fourth-order valence-electron chi connectivity index (χ4n) is 2.53. The van der Waals surface area contributed by atoms with Crippen LogP contribution < -0.4 is 10.6 Å². The highest BCUT2D eigenvalue weighted by molar-refractivity contribution is 5.92. The zero-order valence-electron chi connectivity index (χ0n) is 13.6. The Morgan fingerprint density at radius 2 is 2.17 bits per heavy atom. The van der Waals surface area contributed by atoms with Crippen LogP contribution in [0.1, 0.15) is 24.8 Å². The van der Waals surface area contributed by atoms with Crippen LogP contribution in [0.5, 0.6) is 0 Å². The van der Waals surface area contributed by atoms with Gasteiger partial charge in [0.15, 0.2) is 0 Å². The molecule has 3 N–H and O–H groups in total. The fourth-order valence-corrected chi connectivity index (χ4v) is 2.53. The molecule has 1 atom stereocenters.